The molecule has 4 aromatic rings. The molecule has 3 heterocycles. The highest BCUT2D eigenvalue weighted by molar-refractivity contribution is 6.36. The van der Waals surface area contributed by atoms with Crippen molar-refractivity contribution in [3.05, 3.63) is 41.3 Å². The monoisotopic (exact) mass is 427 g/mol. The van der Waals surface area contributed by atoms with E-state index >= 15 is 0 Å². The van der Waals surface area contributed by atoms with E-state index in [0.29, 0.717) is 34.1 Å². The second kappa shape index (κ2) is 7.14. The summed E-state index contributed by atoms with van der Waals surface area (Å²) in [6.45, 7) is 6.18. The van der Waals surface area contributed by atoms with Gasteiger partial charge in [-0.1, -0.05) is 11.6 Å². The third kappa shape index (κ3) is 3.36. The molecule has 0 aliphatic carbocycles. The largest absolute Gasteiger partial charge is 0.368 e. The van der Waals surface area contributed by atoms with Crippen molar-refractivity contribution in [2.24, 2.45) is 7.05 Å². The van der Waals surface area contributed by atoms with Gasteiger partial charge in [0, 0.05) is 55.2 Å². The van der Waals surface area contributed by atoms with Crippen LogP contribution >= 0.6 is 11.6 Å². The van der Waals surface area contributed by atoms with Crippen molar-refractivity contribution in [3.63, 3.8) is 0 Å². The van der Waals surface area contributed by atoms with Crippen LogP contribution in [0.4, 0.5) is 21.6 Å². The molecular formula is C21H23ClFN7. The Kier molecular flexibility index (Phi) is 4.56. The Bertz CT molecular complexity index is 1240. The minimum atomic E-state index is -0.384. The number of hydrogen-bond donors (Lipinski definition) is 3. The zero-order chi connectivity index (χ0) is 21.0. The van der Waals surface area contributed by atoms with Crippen molar-refractivity contribution < 1.29 is 4.39 Å². The number of aromatic nitrogens is 4. The summed E-state index contributed by atoms with van der Waals surface area (Å²) in [5.41, 5.74) is 2.83. The molecule has 5 rings (SSSR count). The second-order valence-corrected chi connectivity index (χ2v) is 8.53. The molecule has 0 amide bonds. The van der Waals surface area contributed by atoms with E-state index in [4.69, 9.17) is 11.6 Å². The number of rotatable bonds is 3. The van der Waals surface area contributed by atoms with Gasteiger partial charge < -0.3 is 15.5 Å². The van der Waals surface area contributed by atoms with Gasteiger partial charge in [0.05, 0.1) is 15.9 Å². The Morgan fingerprint density at radius 3 is 2.70 bits per heavy atom. The number of halogens is 2. The molecule has 2 aromatic carbocycles. The summed E-state index contributed by atoms with van der Waals surface area (Å²) < 4.78 is 16.0. The number of fused-ring (bicyclic) bond motifs is 2. The molecule has 30 heavy (non-hydrogen) atoms. The Morgan fingerprint density at radius 2 is 1.93 bits per heavy atom. The standard InChI is InChI=1S/C21H23ClFN7/c1-11-8-30(9-12(2)24-11)15-6-16(22)19-18(7-15)26-27-21(19)25-14-4-13-10-29(3)28-20(13)17(23)5-14/h4-7,10-12,24H,8-9H2,1-3H3,(H2,25,26,27)/t11-,12+. The SMILES string of the molecule is C[C@@H]1CN(c2cc(Cl)c3c(Nc4cc(F)c5nn(C)cc5c4)n[nH]c3c2)C[C@H](C)N1. The summed E-state index contributed by atoms with van der Waals surface area (Å²) in [6.07, 6.45) is 1.78. The maximum absolute atomic E-state index is 14.4. The smallest absolute Gasteiger partial charge is 0.161 e. The third-order valence-corrected chi connectivity index (χ3v) is 5.76. The number of aryl methyl sites for hydroxylation is 1. The van der Waals surface area contributed by atoms with Gasteiger partial charge in [0.15, 0.2) is 11.6 Å². The Balaban J connectivity index is 1.49. The van der Waals surface area contributed by atoms with E-state index in [0.717, 1.165) is 35.1 Å². The van der Waals surface area contributed by atoms with E-state index in [9.17, 15) is 4.39 Å². The van der Waals surface area contributed by atoms with Crippen molar-refractivity contribution in [2.75, 3.05) is 23.3 Å². The molecule has 156 valence electrons. The van der Waals surface area contributed by atoms with Gasteiger partial charge in [0.1, 0.15) is 5.52 Å². The molecule has 0 radical (unpaired) electrons. The van der Waals surface area contributed by atoms with Gasteiger partial charge in [-0.15, -0.1) is 0 Å². The number of piperazine rings is 1. The lowest BCUT2D eigenvalue weighted by atomic mass is 10.1. The first-order valence-electron chi connectivity index (χ1n) is 9.96. The van der Waals surface area contributed by atoms with Gasteiger partial charge in [0.25, 0.3) is 0 Å². The molecule has 1 aliphatic heterocycles. The van der Waals surface area contributed by atoms with Crippen LogP contribution in [0.2, 0.25) is 5.02 Å². The summed E-state index contributed by atoms with van der Waals surface area (Å²) in [7, 11) is 1.77. The Labute approximate surface area is 178 Å². The van der Waals surface area contributed by atoms with E-state index in [1.165, 1.54) is 6.07 Å². The molecule has 7 nitrogen and oxygen atoms in total. The molecular weight excluding hydrogens is 405 g/mol. The fourth-order valence-corrected chi connectivity index (χ4v) is 4.63. The number of aromatic amines is 1. The average molecular weight is 428 g/mol. The lowest BCUT2D eigenvalue weighted by Crippen LogP contribution is -2.54. The van der Waals surface area contributed by atoms with E-state index in [1.807, 2.05) is 12.1 Å². The first kappa shape index (κ1) is 19.1. The quantitative estimate of drug-likeness (QED) is 0.457. The van der Waals surface area contributed by atoms with Crippen LogP contribution in [0, 0.1) is 5.82 Å². The Hall–Kier alpha value is -2.84. The maximum Gasteiger partial charge on any atom is 0.161 e. The van der Waals surface area contributed by atoms with E-state index in [-0.39, 0.29) is 5.82 Å². The van der Waals surface area contributed by atoms with Gasteiger partial charge in [-0.05, 0) is 38.1 Å². The number of hydrogen-bond acceptors (Lipinski definition) is 5. The molecule has 0 unspecified atom stereocenters. The van der Waals surface area contributed by atoms with Crippen molar-refractivity contribution in [3.8, 4) is 0 Å². The molecule has 2 aromatic heterocycles. The molecule has 0 spiro atoms. The molecule has 0 saturated carbocycles. The normalized spacial score (nSPS) is 19.7. The number of nitrogens with one attached hydrogen (secondary N) is 3. The predicted molar refractivity (Wildman–Crippen MR) is 119 cm³/mol. The van der Waals surface area contributed by atoms with Gasteiger partial charge in [0.2, 0.25) is 0 Å². The fraction of sp³-hybridized carbons (Fsp3) is 0.333. The molecule has 9 heteroatoms. The van der Waals surface area contributed by atoms with Crippen molar-refractivity contribution >= 4 is 50.6 Å². The minimum absolute atomic E-state index is 0.345. The first-order chi connectivity index (χ1) is 14.4. The summed E-state index contributed by atoms with van der Waals surface area (Å²) in [5, 5.41) is 20.4. The second-order valence-electron chi connectivity index (χ2n) is 8.12. The molecule has 0 bridgehead atoms. The summed E-state index contributed by atoms with van der Waals surface area (Å²) >= 11 is 6.67. The van der Waals surface area contributed by atoms with Crippen LogP contribution in [0.1, 0.15) is 13.8 Å². The van der Waals surface area contributed by atoms with E-state index < -0.39 is 0 Å². The molecule has 1 aliphatic rings. The van der Waals surface area contributed by atoms with Crippen LogP contribution in [0.25, 0.3) is 21.8 Å². The van der Waals surface area contributed by atoms with Crippen LogP contribution in [-0.4, -0.2) is 45.2 Å². The minimum Gasteiger partial charge on any atom is -0.368 e. The highest BCUT2D eigenvalue weighted by Gasteiger charge is 2.23. The van der Waals surface area contributed by atoms with Crippen LogP contribution in [-0.2, 0) is 7.05 Å². The number of anilines is 3. The highest BCUT2D eigenvalue weighted by atomic mass is 35.5. The van der Waals surface area contributed by atoms with Crippen molar-refractivity contribution in [2.45, 2.75) is 25.9 Å². The molecule has 2 atom stereocenters. The molecule has 1 fully saturated rings. The lowest BCUT2D eigenvalue weighted by molar-refractivity contribution is 0.407. The van der Waals surface area contributed by atoms with Gasteiger partial charge >= 0.3 is 0 Å². The average Bonchev–Trinajstić information content (AvgIpc) is 3.24. The van der Waals surface area contributed by atoms with Crippen molar-refractivity contribution in [1.29, 1.82) is 0 Å². The zero-order valence-corrected chi connectivity index (χ0v) is 17.8. The van der Waals surface area contributed by atoms with Crippen LogP contribution in [0.5, 0.6) is 0 Å². The van der Waals surface area contributed by atoms with Gasteiger partial charge in [-0.2, -0.15) is 10.2 Å². The van der Waals surface area contributed by atoms with Crippen molar-refractivity contribution in [1.82, 2.24) is 25.3 Å². The number of H-pyrrole nitrogens is 1. The number of benzene rings is 2. The number of nitrogens with zero attached hydrogens (tertiary/aromatic N) is 4. The van der Waals surface area contributed by atoms with E-state index in [1.54, 1.807) is 17.9 Å². The molecule has 3 N–H and O–H groups in total. The summed E-state index contributed by atoms with van der Waals surface area (Å²) in [5.74, 6) is 0.178. The predicted octanol–water partition coefficient (Wildman–Crippen LogP) is 4.17. The Morgan fingerprint density at radius 1 is 1.17 bits per heavy atom. The highest BCUT2D eigenvalue weighted by Crippen LogP contribution is 2.35. The van der Waals surface area contributed by atoms with E-state index in [2.05, 4.69) is 50.7 Å². The van der Waals surface area contributed by atoms with Crippen LogP contribution in [0.3, 0.4) is 0 Å². The summed E-state index contributed by atoms with van der Waals surface area (Å²) in [6, 6.07) is 8.10. The fourth-order valence-electron chi connectivity index (χ4n) is 4.32. The first-order valence-corrected chi connectivity index (χ1v) is 10.3. The third-order valence-electron chi connectivity index (χ3n) is 5.46. The van der Waals surface area contributed by atoms with Crippen LogP contribution < -0.4 is 15.5 Å². The van der Waals surface area contributed by atoms with Gasteiger partial charge in [-0.25, -0.2) is 4.39 Å². The van der Waals surface area contributed by atoms with Gasteiger partial charge in [-0.3, -0.25) is 9.78 Å². The summed E-state index contributed by atoms with van der Waals surface area (Å²) in [4.78, 5) is 2.33. The van der Waals surface area contributed by atoms with Crippen LogP contribution in [0.15, 0.2) is 30.5 Å². The molecule has 1 saturated heterocycles. The zero-order valence-electron chi connectivity index (χ0n) is 17.0. The topological polar surface area (TPSA) is 73.8 Å². The maximum atomic E-state index is 14.4. The lowest BCUT2D eigenvalue weighted by Gasteiger charge is -2.37.